The molecule has 1 aromatic carbocycles. The summed E-state index contributed by atoms with van der Waals surface area (Å²) >= 11 is 1.49. The van der Waals surface area contributed by atoms with Crippen molar-refractivity contribution in [1.29, 1.82) is 0 Å². The average molecular weight is 291 g/mol. The van der Waals surface area contributed by atoms with E-state index in [2.05, 4.69) is 0 Å². The molecule has 0 heterocycles. The van der Waals surface area contributed by atoms with Crippen LogP contribution in [0.15, 0.2) is 30.3 Å². The van der Waals surface area contributed by atoms with E-state index < -0.39 is 17.4 Å². The topological polar surface area (TPSA) is 80.4 Å². The number of hydrogen-bond acceptors (Lipinski definition) is 4. The van der Waals surface area contributed by atoms with Crippen molar-refractivity contribution in [3.8, 4) is 0 Å². The van der Waals surface area contributed by atoms with E-state index in [9.17, 15) is 14.7 Å². The monoisotopic (exact) mass is 291 g/mol. The molecule has 1 aliphatic carbocycles. The highest BCUT2D eigenvalue weighted by molar-refractivity contribution is 7.98. The summed E-state index contributed by atoms with van der Waals surface area (Å²) in [5.74, 6) is -1.40. The molecule has 5 heteroatoms. The molecular formula is C15H17NO3S. The minimum absolute atomic E-state index is 0.148. The fourth-order valence-corrected chi connectivity index (χ4v) is 3.48. The normalized spacial score (nSPS) is 21.0. The van der Waals surface area contributed by atoms with Gasteiger partial charge in [-0.1, -0.05) is 36.4 Å². The zero-order valence-electron chi connectivity index (χ0n) is 11.2. The van der Waals surface area contributed by atoms with E-state index in [0.29, 0.717) is 12.0 Å². The van der Waals surface area contributed by atoms with Gasteiger partial charge in [0.15, 0.2) is 11.8 Å². The second kappa shape index (κ2) is 5.81. The Morgan fingerprint density at radius 2 is 2.25 bits per heavy atom. The third-order valence-electron chi connectivity index (χ3n) is 3.80. The van der Waals surface area contributed by atoms with Crippen molar-refractivity contribution in [3.05, 3.63) is 41.5 Å². The molecule has 3 N–H and O–H groups in total. The van der Waals surface area contributed by atoms with Crippen LogP contribution in [0.4, 0.5) is 0 Å². The fourth-order valence-electron chi connectivity index (χ4n) is 2.64. The molecule has 0 saturated carbocycles. The number of carbonyl (C=O) groups is 2. The Morgan fingerprint density at radius 1 is 1.55 bits per heavy atom. The van der Waals surface area contributed by atoms with Crippen LogP contribution in [0, 0.1) is 5.92 Å². The van der Waals surface area contributed by atoms with Crippen molar-refractivity contribution in [2.24, 2.45) is 11.7 Å². The van der Waals surface area contributed by atoms with Crippen molar-refractivity contribution in [3.63, 3.8) is 0 Å². The first kappa shape index (κ1) is 14.8. The Bertz CT molecular complexity index is 558. The Balaban J connectivity index is 2.43. The number of carbonyl (C=O) groups excluding carboxylic acids is 1. The van der Waals surface area contributed by atoms with Gasteiger partial charge >= 0.3 is 5.97 Å². The SMILES string of the molecule is CSCC(C1C=Cc2ccccc21)C(N)(C=O)C(=O)O. The summed E-state index contributed by atoms with van der Waals surface area (Å²) in [6.45, 7) is 0. The summed E-state index contributed by atoms with van der Waals surface area (Å²) in [4.78, 5) is 22.8. The summed E-state index contributed by atoms with van der Waals surface area (Å²) in [6, 6.07) is 7.78. The number of hydrogen-bond donors (Lipinski definition) is 2. The Morgan fingerprint density at radius 3 is 2.85 bits per heavy atom. The molecule has 1 aliphatic rings. The highest BCUT2D eigenvalue weighted by Crippen LogP contribution is 2.40. The number of aldehydes is 1. The maximum atomic E-state index is 11.4. The van der Waals surface area contributed by atoms with Crippen LogP contribution in [0.3, 0.4) is 0 Å². The number of benzene rings is 1. The van der Waals surface area contributed by atoms with Crippen LogP contribution in [0.5, 0.6) is 0 Å². The summed E-state index contributed by atoms with van der Waals surface area (Å²) in [6.07, 6.45) is 6.15. The summed E-state index contributed by atoms with van der Waals surface area (Å²) in [5.41, 5.74) is 6.12. The zero-order valence-corrected chi connectivity index (χ0v) is 12.0. The number of rotatable bonds is 6. The van der Waals surface area contributed by atoms with Crippen molar-refractivity contribution in [2.75, 3.05) is 12.0 Å². The minimum Gasteiger partial charge on any atom is -0.480 e. The lowest BCUT2D eigenvalue weighted by Crippen LogP contribution is -2.58. The van der Waals surface area contributed by atoms with Gasteiger partial charge in [-0.25, -0.2) is 4.79 Å². The van der Waals surface area contributed by atoms with Gasteiger partial charge in [0.05, 0.1) is 0 Å². The Kier molecular flexibility index (Phi) is 4.30. The molecule has 106 valence electrons. The molecule has 0 spiro atoms. The van der Waals surface area contributed by atoms with Gasteiger partial charge < -0.3 is 15.6 Å². The molecular weight excluding hydrogens is 274 g/mol. The van der Waals surface area contributed by atoms with Gasteiger partial charge in [0.1, 0.15) is 0 Å². The van der Waals surface area contributed by atoms with E-state index in [0.717, 1.165) is 11.1 Å². The number of carboxylic acids is 1. The molecule has 3 unspecified atom stereocenters. The quantitative estimate of drug-likeness (QED) is 0.616. The number of aliphatic carboxylic acids is 1. The lowest BCUT2D eigenvalue weighted by Gasteiger charge is -2.33. The standard InChI is InChI=1S/C15H17NO3S/c1-20-8-13(15(16,9-17)14(18)19)12-7-6-10-4-2-3-5-11(10)12/h2-7,9,12-13H,8,16H2,1H3,(H,18,19). The van der Waals surface area contributed by atoms with Gasteiger partial charge in [-0.05, 0) is 23.1 Å². The molecule has 0 aromatic heterocycles. The molecule has 0 bridgehead atoms. The third kappa shape index (κ3) is 2.39. The number of nitrogens with two attached hydrogens (primary N) is 1. The second-order valence-electron chi connectivity index (χ2n) is 4.93. The van der Waals surface area contributed by atoms with Gasteiger partial charge in [0.2, 0.25) is 0 Å². The first-order chi connectivity index (χ1) is 9.54. The molecule has 2 rings (SSSR count). The van der Waals surface area contributed by atoms with Gasteiger partial charge in [-0.2, -0.15) is 11.8 Å². The Labute approximate surface area is 122 Å². The van der Waals surface area contributed by atoms with E-state index in [1.807, 2.05) is 42.7 Å². The zero-order chi connectivity index (χ0) is 14.8. The summed E-state index contributed by atoms with van der Waals surface area (Å²) in [5, 5.41) is 9.35. The number of fused-ring (bicyclic) bond motifs is 1. The molecule has 0 fully saturated rings. The van der Waals surface area contributed by atoms with Crippen LogP contribution in [0.2, 0.25) is 0 Å². The van der Waals surface area contributed by atoms with E-state index >= 15 is 0 Å². The van der Waals surface area contributed by atoms with Crippen molar-refractivity contribution >= 4 is 30.1 Å². The first-order valence-corrected chi connectivity index (χ1v) is 7.68. The number of allylic oxidation sites excluding steroid dienone is 1. The third-order valence-corrected chi connectivity index (χ3v) is 4.49. The first-order valence-electron chi connectivity index (χ1n) is 6.29. The molecule has 3 atom stereocenters. The molecule has 0 radical (unpaired) electrons. The van der Waals surface area contributed by atoms with Crippen molar-refractivity contribution < 1.29 is 14.7 Å². The van der Waals surface area contributed by atoms with E-state index in [-0.39, 0.29) is 5.92 Å². The van der Waals surface area contributed by atoms with Crippen LogP contribution in [-0.2, 0) is 9.59 Å². The average Bonchev–Trinajstić information content (AvgIpc) is 2.87. The smallest absolute Gasteiger partial charge is 0.331 e. The van der Waals surface area contributed by atoms with Gasteiger partial charge in [0.25, 0.3) is 0 Å². The maximum Gasteiger partial charge on any atom is 0.331 e. The molecule has 0 amide bonds. The molecule has 1 aromatic rings. The van der Waals surface area contributed by atoms with Crippen LogP contribution < -0.4 is 5.73 Å². The van der Waals surface area contributed by atoms with Gasteiger partial charge in [0, 0.05) is 11.8 Å². The summed E-state index contributed by atoms with van der Waals surface area (Å²) in [7, 11) is 0. The van der Waals surface area contributed by atoms with E-state index in [4.69, 9.17) is 5.73 Å². The highest BCUT2D eigenvalue weighted by Gasteiger charge is 2.46. The molecule has 20 heavy (non-hydrogen) atoms. The molecule has 0 aliphatic heterocycles. The number of thioether (sulfide) groups is 1. The fraction of sp³-hybridized carbons (Fsp3) is 0.333. The van der Waals surface area contributed by atoms with E-state index in [1.54, 1.807) is 0 Å². The van der Waals surface area contributed by atoms with Gasteiger partial charge in [-0.3, -0.25) is 0 Å². The van der Waals surface area contributed by atoms with Crippen molar-refractivity contribution in [1.82, 2.24) is 0 Å². The summed E-state index contributed by atoms with van der Waals surface area (Å²) < 4.78 is 0. The van der Waals surface area contributed by atoms with Crippen molar-refractivity contribution in [2.45, 2.75) is 11.5 Å². The Hall–Kier alpha value is -1.59. The molecule has 4 nitrogen and oxygen atoms in total. The lowest BCUT2D eigenvalue weighted by atomic mass is 9.76. The van der Waals surface area contributed by atoms with E-state index in [1.165, 1.54) is 11.8 Å². The number of carboxylic acid groups (broad SMARTS) is 1. The minimum atomic E-state index is -1.87. The molecule has 0 saturated heterocycles. The van der Waals surface area contributed by atoms with Gasteiger partial charge in [-0.15, -0.1) is 0 Å². The predicted molar refractivity (Wildman–Crippen MR) is 80.7 cm³/mol. The van der Waals surface area contributed by atoms with Crippen LogP contribution in [-0.4, -0.2) is 34.9 Å². The van der Waals surface area contributed by atoms with Crippen LogP contribution in [0.25, 0.3) is 6.08 Å². The van der Waals surface area contributed by atoms with Crippen LogP contribution in [0.1, 0.15) is 17.0 Å². The predicted octanol–water partition coefficient (Wildman–Crippen LogP) is 1.76. The maximum absolute atomic E-state index is 11.4. The van der Waals surface area contributed by atoms with Crippen LogP contribution >= 0.6 is 11.8 Å². The highest BCUT2D eigenvalue weighted by atomic mass is 32.2. The largest absolute Gasteiger partial charge is 0.480 e. The lowest BCUT2D eigenvalue weighted by molar-refractivity contribution is -0.147. The second-order valence-corrected chi connectivity index (χ2v) is 5.84.